The maximum Gasteiger partial charge on any atom is 0.320 e. The van der Waals surface area contributed by atoms with Crippen LogP contribution in [-0.4, -0.2) is 25.2 Å². The lowest BCUT2D eigenvalue weighted by molar-refractivity contribution is -0.134. The van der Waals surface area contributed by atoms with E-state index >= 15 is 0 Å². The molecule has 0 fully saturated rings. The summed E-state index contributed by atoms with van der Waals surface area (Å²) >= 11 is 0. The number of carbonyl (C=O) groups is 1. The van der Waals surface area contributed by atoms with Gasteiger partial charge in [-0.2, -0.15) is 0 Å². The summed E-state index contributed by atoms with van der Waals surface area (Å²) in [5.74, 6) is -1.87. The van der Waals surface area contributed by atoms with E-state index in [1.165, 1.54) is 5.56 Å². The topological polar surface area (TPSA) is 83.5 Å². The lowest BCUT2D eigenvalue weighted by Gasteiger charge is -2.15. The molecule has 0 heterocycles. The molecular formula is C13H19NO4S. The van der Waals surface area contributed by atoms with Crippen molar-refractivity contribution < 1.29 is 18.3 Å². The summed E-state index contributed by atoms with van der Waals surface area (Å²) in [6.45, 7) is 5.84. The van der Waals surface area contributed by atoms with E-state index < -0.39 is 27.8 Å². The molecular weight excluding hydrogens is 266 g/mol. The van der Waals surface area contributed by atoms with Crippen LogP contribution in [0.5, 0.6) is 0 Å². The highest BCUT2D eigenvalue weighted by atomic mass is 32.2. The fraction of sp³-hybridized carbons (Fsp3) is 0.462. The molecule has 0 aliphatic carbocycles. The number of hydrogen-bond acceptors (Lipinski definition) is 3. The van der Waals surface area contributed by atoms with E-state index in [2.05, 4.69) is 18.6 Å². The van der Waals surface area contributed by atoms with Gasteiger partial charge in [0.25, 0.3) is 0 Å². The zero-order valence-electron chi connectivity index (χ0n) is 11.3. The first-order chi connectivity index (χ1) is 8.71. The molecule has 0 radical (unpaired) electrons. The van der Waals surface area contributed by atoms with Gasteiger partial charge in [-0.25, -0.2) is 13.1 Å². The first kappa shape index (κ1) is 15.7. The van der Waals surface area contributed by atoms with Crippen LogP contribution in [0.3, 0.4) is 0 Å². The molecule has 0 aromatic heterocycles. The Morgan fingerprint density at radius 2 is 1.63 bits per heavy atom. The van der Waals surface area contributed by atoms with E-state index in [1.807, 2.05) is 24.3 Å². The smallest absolute Gasteiger partial charge is 0.320 e. The first-order valence-electron chi connectivity index (χ1n) is 6.03. The second-order valence-electron chi connectivity index (χ2n) is 4.81. The first-order valence-corrected chi connectivity index (χ1v) is 7.68. The summed E-state index contributed by atoms with van der Waals surface area (Å²) in [4.78, 5) is 10.4. The Morgan fingerprint density at radius 1 is 1.16 bits per heavy atom. The number of rotatable bonds is 6. The number of sulfonamides is 1. The van der Waals surface area contributed by atoms with Gasteiger partial charge in [-0.05, 0) is 24.0 Å². The molecule has 6 heteroatoms. The molecule has 0 saturated carbocycles. The van der Waals surface area contributed by atoms with Crippen molar-refractivity contribution in [1.82, 2.24) is 4.72 Å². The van der Waals surface area contributed by atoms with Crippen LogP contribution in [0.25, 0.3) is 0 Å². The largest absolute Gasteiger partial charge is 0.480 e. The summed E-state index contributed by atoms with van der Waals surface area (Å²) in [5, 5.41) is 8.51. The van der Waals surface area contributed by atoms with Crippen LogP contribution >= 0.6 is 0 Å². The van der Waals surface area contributed by atoms with Crippen LogP contribution in [0.4, 0.5) is 0 Å². The molecule has 1 atom stereocenters. The van der Waals surface area contributed by atoms with Crippen LogP contribution in [0.15, 0.2) is 24.3 Å². The van der Waals surface area contributed by atoms with E-state index in [0.29, 0.717) is 5.92 Å². The molecule has 0 aliphatic heterocycles. The van der Waals surface area contributed by atoms with Crippen molar-refractivity contribution in [2.45, 2.75) is 32.7 Å². The Kier molecular flexibility index (Phi) is 5.08. The third-order valence-electron chi connectivity index (χ3n) is 2.77. The highest BCUT2D eigenvalue weighted by Gasteiger charge is 2.19. The van der Waals surface area contributed by atoms with Gasteiger partial charge in [-0.1, -0.05) is 38.1 Å². The fourth-order valence-electron chi connectivity index (χ4n) is 1.71. The number of carboxylic acid groups (broad SMARTS) is 1. The molecule has 0 aliphatic rings. The third-order valence-corrected chi connectivity index (χ3v) is 4.11. The summed E-state index contributed by atoms with van der Waals surface area (Å²) < 4.78 is 25.4. The van der Waals surface area contributed by atoms with E-state index in [4.69, 9.17) is 5.11 Å². The van der Waals surface area contributed by atoms with Crippen molar-refractivity contribution in [2.75, 3.05) is 5.75 Å². The van der Waals surface area contributed by atoms with Crippen molar-refractivity contribution in [3.63, 3.8) is 0 Å². The van der Waals surface area contributed by atoms with Gasteiger partial charge in [0.1, 0.15) is 0 Å². The molecule has 1 aromatic carbocycles. The van der Waals surface area contributed by atoms with Crippen LogP contribution in [-0.2, 0) is 14.8 Å². The maximum absolute atomic E-state index is 11.5. The van der Waals surface area contributed by atoms with E-state index in [0.717, 1.165) is 5.56 Å². The monoisotopic (exact) mass is 285 g/mol. The number of hydrogen-bond donors (Lipinski definition) is 2. The summed E-state index contributed by atoms with van der Waals surface area (Å²) in [6.07, 6.45) is 0. The van der Waals surface area contributed by atoms with E-state index in [9.17, 15) is 13.2 Å². The number of carboxylic acids is 1. The quantitative estimate of drug-likeness (QED) is 0.836. The van der Waals surface area contributed by atoms with Crippen LogP contribution in [0.1, 0.15) is 43.9 Å². The zero-order chi connectivity index (χ0) is 14.6. The van der Waals surface area contributed by atoms with Crippen molar-refractivity contribution >= 4 is 16.0 Å². The molecule has 5 nitrogen and oxygen atoms in total. The zero-order valence-corrected chi connectivity index (χ0v) is 12.1. The highest BCUT2D eigenvalue weighted by molar-refractivity contribution is 7.90. The maximum atomic E-state index is 11.5. The standard InChI is InChI=1S/C13H19NO4S/c1-9(2)11-4-6-12(7-5-11)10(3)14-19(17,18)8-13(15)16/h4-7,9-10,14H,8H2,1-3H3,(H,15,16). The Labute approximate surface area is 113 Å². The molecule has 1 unspecified atom stereocenters. The Morgan fingerprint density at radius 3 is 2.05 bits per heavy atom. The Hall–Kier alpha value is -1.40. The van der Waals surface area contributed by atoms with Gasteiger partial charge in [0.05, 0.1) is 0 Å². The third kappa shape index (κ3) is 5.00. The van der Waals surface area contributed by atoms with E-state index in [-0.39, 0.29) is 0 Å². The van der Waals surface area contributed by atoms with Crippen LogP contribution in [0.2, 0.25) is 0 Å². The van der Waals surface area contributed by atoms with Gasteiger partial charge in [0.2, 0.25) is 10.0 Å². The van der Waals surface area contributed by atoms with Crippen molar-refractivity contribution in [3.05, 3.63) is 35.4 Å². The summed E-state index contributed by atoms with van der Waals surface area (Å²) in [5.41, 5.74) is 1.97. The fourth-order valence-corrected chi connectivity index (χ4v) is 2.79. The molecule has 2 N–H and O–H groups in total. The lowest BCUT2D eigenvalue weighted by Crippen LogP contribution is -2.32. The minimum absolute atomic E-state index is 0.410. The number of nitrogens with one attached hydrogen (secondary N) is 1. The molecule has 1 aromatic rings. The van der Waals surface area contributed by atoms with Crippen LogP contribution in [0, 0.1) is 0 Å². The molecule has 0 amide bonds. The Balaban J connectivity index is 2.78. The molecule has 0 saturated heterocycles. The molecule has 106 valence electrons. The number of benzene rings is 1. The minimum atomic E-state index is -3.80. The molecule has 0 bridgehead atoms. The number of aliphatic carboxylic acids is 1. The van der Waals surface area contributed by atoms with Crippen molar-refractivity contribution in [3.8, 4) is 0 Å². The SMILES string of the molecule is CC(C)c1ccc(C(C)NS(=O)(=O)CC(=O)O)cc1. The van der Waals surface area contributed by atoms with Gasteiger partial charge in [0, 0.05) is 6.04 Å². The van der Waals surface area contributed by atoms with Gasteiger partial charge in [-0.15, -0.1) is 0 Å². The predicted octanol–water partition coefficient (Wildman–Crippen LogP) is 1.88. The second kappa shape index (κ2) is 6.16. The normalized spacial score (nSPS) is 13.5. The molecule has 1 rings (SSSR count). The van der Waals surface area contributed by atoms with E-state index in [1.54, 1.807) is 6.92 Å². The average molecular weight is 285 g/mol. The second-order valence-corrected chi connectivity index (χ2v) is 6.57. The van der Waals surface area contributed by atoms with Gasteiger partial charge in [-0.3, -0.25) is 4.79 Å². The van der Waals surface area contributed by atoms with Crippen molar-refractivity contribution in [2.24, 2.45) is 0 Å². The van der Waals surface area contributed by atoms with Gasteiger partial charge < -0.3 is 5.11 Å². The molecule has 0 spiro atoms. The predicted molar refractivity (Wildman–Crippen MR) is 73.5 cm³/mol. The molecule has 19 heavy (non-hydrogen) atoms. The summed E-state index contributed by atoms with van der Waals surface area (Å²) in [7, 11) is -3.80. The summed E-state index contributed by atoms with van der Waals surface area (Å²) in [6, 6.07) is 7.14. The van der Waals surface area contributed by atoms with Crippen LogP contribution < -0.4 is 4.72 Å². The average Bonchev–Trinajstić information content (AvgIpc) is 2.26. The van der Waals surface area contributed by atoms with Gasteiger partial charge in [0.15, 0.2) is 5.75 Å². The van der Waals surface area contributed by atoms with Crippen molar-refractivity contribution in [1.29, 1.82) is 0 Å². The Bertz CT molecular complexity index is 534. The lowest BCUT2D eigenvalue weighted by atomic mass is 10.00. The van der Waals surface area contributed by atoms with Gasteiger partial charge >= 0.3 is 5.97 Å². The minimum Gasteiger partial charge on any atom is -0.480 e. The highest BCUT2D eigenvalue weighted by Crippen LogP contribution is 2.19.